The molecule has 1 saturated carbocycles. The van der Waals surface area contributed by atoms with E-state index in [0.717, 1.165) is 25.7 Å². The number of hydrogen-bond acceptors (Lipinski definition) is 3. The second-order valence-electron chi connectivity index (χ2n) is 5.55. The molecule has 1 aromatic rings. The summed E-state index contributed by atoms with van der Waals surface area (Å²) in [5.41, 5.74) is -0.275. The molecule has 0 amide bonds. The van der Waals surface area contributed by atoms with E-state index in [1.165, 1.54) is 30.6 Å². The molecule has 1 aliphatic rings. The molecule has 19 heavy (non-hydrogen) atoms. The number of hydrogen-bond donors (Lipinski definition) is 1. The predicted octanol–water partition coefficient (Wildman–Crippen LogP) is 4.17. The molecular formula is C16H26O2S. The number of thiophene rings is 1. The van der Waals surface area contributed by atoms with Gasteiger partial charge in [-0.15, -0.1) is 11.3 Å². The largest absolute Gasteiger partial charge is 0.390 e. The van der Waals surface area contributed by atoms with E-state index < -0.39 is 0 Å². The lowest BCUT2D eigenvalue weighted by Crippen LogP contribution is -2.45. The van der Waals surface area contributed by atoms with E-state index in [9.17, 15) is 5.11 Å². The van der Waals surface area contributed by atoms with E-state index >= 15 is 0 Å². The van der Waals surface area contributed by atoms with Crippen LogP contribution in [0.15, 0.2) is 17.5 Å². The molecule has 0 aromatic carbocycles. The van der Waals surface area contributed by atoms with Crippen LogP contribution in [-0.4, -0.2) is 23.4 Å². The quantitative estimate of drug-likeness (QED) is 0.793. The minimum atomic E-state index is -0.326. The first-order valence-corrected chi connectivity index (χ1v) is 8.49. The molecule has 0 saturated heterocycles. The topological polar surface area (TPSA) is 29.5 Å². The van der Waals surface area contributed by atoms with Crippen molar-refractivity contribution >= 4 is 11.3 Å². The highest BCUT2D eigenvalue weighted by molar-refractivity contribution is 7.09. The third kappa shape index (κ3) is 4.04. The molecule has 1 aromatic heterocycles. The van der Waals surface area contributed by atoms with Crippen LogP contribution in [0.1, 0.15) is 56.7 Å². The van der Waals surface area contributed by atoms with Gasteiger partial charge in [0.1, 0.15) is 0 Å². The first-order valence-electron chi connectivity index (χ1n) is 7.61. The molecule has 2 rings (SSSR count). The van der Waals surface area contributed by atoms with Crippen LogP contribution in [0.5, 0.6) is 0 Å². The Morgan fingerprint density at radius 2 is 2.05 bits per heavy atom. The average Bonchev–Trinajstić information content (AvgIpc) is 2.82. The third-order valence-corrected chi connectivity index (χ3v) is 5.17. The zero-order valence-electron chi connectivity index (χ0n) is 11.9. The van der Waals surface area contributed by atoms with Gasteiger partial charge >= 0.3 is 0 Å². The van der Waals surface area contributed by atoms with Gasteiger partial charge in [0, 0.05) is 11.5 Å². The Hall–Kier alpha value is -0.380. The summed E-state index contributed by atoms with van der Waals surface area (Å²) >= 11 is 1.78. The van der Waals surface area contributed by atoms with E-state index in [0.29, 0.717) is 6.61 Å². The van der Waals surface area contributed by atoms with Gasteiger partial charge in [-0.25, -0.2) is 0 Å². The van der Waals surface area contributed by atoms with Gasteiger partial charge in [-0.2, -0.15) is 0 Å². The maximum absolute atomic E-state index is 10.7. The smallest absolute Gasteiger partial charge is 0.0940 e. The first kappa shape index (κ1) is 15.0. The Labute approximate surface area is 120 Å². The van der Waals surface area contributed by atoms with Gasteiger partial charge in [0.15, 0.2) is 0 Å². The fourth-order valence-corrected chi connectivity index (χ4v) is 3.91. The van der Waals surface area contributed by atoms with E-state index in [-0.39, 0.29) is 11.7 Å². The zero-order valence-corrected chi connectivity index (χ0v) is 12.8. The average molecular weight is 282 g/mol. The van der Waals surface area contributed by atoms with Crippen LogP contribution in [0.4, 0.5) is 0 Å². The van der Waals surface area contributed by atoms with Crippen molar-refractivity contribution in [3.8, 4) is 0 Å². The summed E-state index contributed by atoms with van der Waals surface area (Å²) in [6.07, 6.45) is 8.45. The van der Waals surface area contributed by atoms with Crippen LogP contribution in [0.3, 0.4) is 0 Å². The van der Waals surface area contributed by atoms with Crippen molar-refractivity contribution in [3.05, 3.63) is 22.4 Å². The molecule has 0 radical (unpaired) electrons. The van der Waals surface area contributed by atoms with Crippen LogP contribution >= 0.6 is 11.3 Å². The van der Waals surface area contributed by atoms with E-state index in [1.54, 1.807) is 11.3 Å². The molecule has 3 heteroatoms. The zero-order chi connectivity index (χ0) is 13.6. The molecule has 0 bridgehead atoms. The summed E-state index contributed by atoms with van der Waals surface area (Å²) < 4.78 is 6.04. The Morgan fingerprint density at radius 1 is 1.32 bits per heavy atom. The van der Waals surface area contributed by atoms with Gasteiger partial charge in [-0.3, -0.25) is 0 Å². The lowest BCUT2D eigenvalue weighted by molar-refractivity contribution is -0.130. The number of aliphatic hydroxyl groups is 1. The number of ether oxygens (including phenoxy) is 1. The number of aliphatic hydroxyl groups excluding tert-OH is 1. The van der Waals surface area contributed by atoms with Crippen LogP contribution in [-0.2, 0) is 11.2 Å². The molecule has 108 valence electrons. The fraction of sp³-hybridized carbons (Fsp3) is 0.750. The van der Waals surface area contributed by atoms with E-state index in [4.69, 9.17) is 4.74 Å². The fourth-order valence-electron chi connectivity index (χ4n) is 3.19. The minimum absolute atomic E-state index is 0.275. The van der Waals surface area contributed by atoms with Crippen LogP contribution in [0.25, 0.3) is 0 Å². The van der Waals surface area contributed by atoms with Gasteiger partial charge in [0.2, 0.25) is 0 Å². The summed E-state index contributed by atoms with van der Waals surface area (Å²) in [5, 5.41) is 12.8. The second kappa shape index (κ2) is 7.41. The molecule has 1 heterocycles. The molecule has 2 nitrogen and oxygen atoms in total. The normalized spacial score (nSPS) is 20.9. The van der Waals surface area contributed by atoms with Crippen molar-refractivity contribution in [1.82, 2.24) is 0 Å². The highest BCUT2D eigenvalue weighted by Gasteiger charge is 2.38. The SMILES string of the molecule is CCOC1(C(O)CCc2cccs2)CCCCCC1. The van der Waals surface area contributed by atoms with Gasteiger partial charge < -0.3 is 9.84 Å². The minimum Gasteiger partial charge on any atom is -0.390 e. The Bertz CT molecular complexity index is 340. The maximum Gasteiger partial charge on any atom is 0.0940 e. The Morgan fingerprint density at radius 3 is 2.63 bits per heavy atom. The van der Waals surface area contributed by atoms with Crippen LogP contribution in [0.2, 0.25) is 0 Å². The summed E-state index contributed by atoms with van der Waals surface area (Å²) in [7, 11) is 0. The molecule has 1 fully saturated rings. The van der Waals surface area contributed by atoms with E-state index in [1.807, 2.05) is 6.92 Å². The van der Waals surface area contributed by atoms with Crippen molar-refractivity contribution in [1.29, 1.82) is 0 Å². The Kier molecular flexibility index (Phi) is 5.86. The molecule has 1 unspecified atom stereocenters. The van der Waals surface area contributed by atoms with Crippen LogP contribution in [0, 0.1) is 0 Å². The highest BCUT2D eigenvalue weighted by atomic mass is 32.1. The van der Waals surface area contributed by atoms with Gasteiger partial charge in [-0.1, -0.05) is 31.7 Å². The summed E-state index contributed by atoms with van der Waals surface area (Å²) in [6.45, 7) is 2.74. The molecule has 1 aliphatic carbocycles. The van der Waals surface area contributed by atoms with Crippen molar-refractivity contribution < 1.29 is 9.84 Å². The first-order chi connectivity index (χ1) is 9.27. The van der Waals surface area contributed by atoms with Gasteiger partial charge in [0.25, 0.3) is 0 Å². The van der Waals surface area contributed by atoms with Crippen molar-refractivity contribution in [3.63, 3.8) is 0 Å². The van der Waals surface area contributed by atoms with Gasteiger partial charge in [-0.05, 0) is 44.1 Å². The Balaban J connectivity index is 1.96. The molecule has 1 N–H and O–H groups in total. The highest BCUT2D eigenvalue weighted by Crippen LogP contribution is 2.35. The molecule has 1 atom stereocenters. The third-order valence-electron chi connectivity index (χ3n) is 4.23. The summed E-state index contributed by atoms with van der Waals surface area (Å²) in [5.74, 6) is 0. The van der Waals surface area contributed by atoms with Crippen molar-refractivity contribution in [2.45, 2.75) is 70.0 Å². The summed E-state index contributed by atoms with van der Waals surface area (Å²) in [6, 6.07) is 4.23. The molecule has 0 aliphatic heterocycles. The lowest BCUT2D eigenvalue weighted by Gasteiger charge is -2.37. The molecule has 0 spiro atoms. The predicted molar refractivity (Wildman–Crippen MR) is 80.7 cm³/mol. The monoisotopic (exact) mass is 282 g/mol. The van der Waals surface area contributed by atoms with Crippen molar-refractivity contribution in [2.75, 3.05) is 6.61 Å². The number of aryl methyl sites for hydroxylation is 1. The lowest BCUT2D eigenvalue weighted by atomic mass is 9.85. The number of rotatable bonds is 6. The van der Waals surface area contributed by atoms with Gasteiger partial charge in [0.05, 0.1) is 11.7 Å². The van der Waals surface area contributed by atoms with E-state index in [2.05, 4.69) is 17.5 Å². The second-order valence-corrected chi connectivity index (χ2v) is 6.58. The maximum atomic E-state index is 10.7. The van der Waals surface area contributed by atoms with Crippen molar-refractivity contribution in [2.24, 2.45) is 0 Å². The standard InChI is InChI=1S/C16H26O2S/c1-2-18-16(11-5-3-4-6-12-16)15(17)10-9-14-8-7-13-19-14/h7-8,13,15,17H,2-6,9-12H2,1H3. The summed E-state index contributed by atoms with van der Waals surface area (Å²) in [4.78, 5) is 1.36. The molecular weight excluding hydrogens is 256 g/mol. The van der Waals surface area contributed by atoms with Crippen LogP contribution < -0.4 is 0 Å².